The summed E-state index contributed by atoms with van der Waals surface area (Å²) in [5.41, 5.74) is -2.34. The van der Waals surface area contributed by atoms with Gasteiger partial charge in [-0.3, -0.25) is 4.79 Å². The van der Waals surface area contributed by atoms with E-state index in [0.29, 0.717) is 5.69 Å². The van der Waals surface area contributed by atoms with Crippen molar-refractivity contribution < 1.29 is 40.6 Å². The molecule has 0 radical (unpaired) electrons. The van der Waals surface area contributed by atoms with Crippen LogP contribution in [0.3, 0.4) is 0 Å². The fourth-order valence-electron chi connectivity index (χ4n) is 4.20. The van der Waals surface area contributed by atoms with Crippen LogP contribution in [0.2, 0.25) is 0 Å². The zero-order chi connectivity index (χ0) is 25.5. The first-order valence-corrected chi connectivity index (χ1v) is 10.4. The normalized spacial score (nSPS) is 24.4. The zero-order valence-corrected chi connectivity index (χ0v) is 18.7. The van der Waals surface area contributed by atoms with Gasteiger partial charge in [0.1, 0.15) is 18.1 Å². The number of methoxy groups -OCH3 is 1. The number of alkyl halides is 3. The summed E-state index contributed by atoms with van der Waals surface area (Å²) in [6, 6.07) is 4.81. The second-order valence-corrected chi connectivity index (χ2v) is 8.20. The zero-order valence-electron chi connectivity index (χ0n) is 18.7. The van der Waals surface area contributed by atoms with Gasteiger partial charge in [0.15, 0.2) is 17.2 Å². The number of halogens is 5. The van der Waals surface area contributed by atoms with Crippen LogP contribution >= 0.6 is 0 Å². The molecule has 1 amide bonds. The van der Waals surface area contributed by atoms with Crippen molar-refractivity contribution >= 4 is 11.6 Å². The number of carbonyl (C=O) groups excluding carboxylic acids is 1. The van der Waals surface area contributed by atoms with E-state index in [9.17, 15) is 26.7 Å². The van der Waals surface area contributed by atoms with E-state index in [1.54, 1.807) is 0 Å². The van der Waals surface area contributed by atoms with Crippen molar-refractivity contribution in [1.29, 1.82) is 0 Å². The predicted molar refractivity (Wildman–Crippen MR) is 113 cm³/mol. The molecular formula is C23H20F5N3O4. The molecule has 0 aliphatic carbocycles. The predicted octanol–water partition coefficient (Wildman–Crippen LogP) is 5.10. The number of nitrogens with zero attached hydrogens (tertiary/aromatic N) is 2. The second-order valence-electron chi connectivity index (χ2n) is 8.20. The number of rotatable bonds is 5. The maximum absolute atomic E-state index is 14.4. The topological polar surface area (TPSA) is 86.5 Å². The van der Waals surface area contributed by atoms with Crippen molar-refractivity contribution in [3.05, 3.63) is 60.1 Å². The summed E-state index contributed by atoms with van der Waals surface area (Å²) >= 11 is 0. The fraction of sp³-hybridized carbons (Fsp3) is 0.348. The van der Waals surface area contributed by atoms with Crippen molar-refractivity contribution in [2.24, 2.45) is 5.92 Å². The van der Waals surface area contributed by atoms with Gasteiger partial charge in [-0.1, -0.05) is 13.0 Å². The molecule has 2 aromatic heterocycles. The van der Waals surface area contributed by atoms with Crippen LogP contribution in [0, 0.1) is 17.6 Å². The molecule has 1 aromatic carbocycles. The van der Waals surface area contributed by atoms with Crippen LogP contribution < -0.4 is 10.1 Å². The van der Waals surface area contributed by atoms with E-state index >= 15 is 0 Å². The number of hydrogen-bond donors (Lipinski definition) is 1. The molecule has 0 saturated carbocycles. The molecule has 35 heavy (non-hydrogen) atoms. The van der Waals surface area contributed by atoms with Crippen molar-refractivity contribution in [1.82, 2.24) is 9.97 Å². The highest BCUT2D eigenvalue weighted by atomic mass is 19.4. The first-order valence-electron chi connectivity index (χ1n) is 10.4. The Morgan fingerprint density at radius 2 is 1.91 bits per heavy atom. The third kappa shape index (κ3) is 4.22. The number of carbonyl (C=O) groups is 1. The highest BCUT2D eigenvalue weighted by Gasteiger charge is 2.65. The van der Waals surface area contributed by atoms with E-state index in [0.717, 1.165) is 26.2 Å². The number of aromatic nitrogens is 2. The molecule has 1 aliphatic rings. The third-order valence-corrected chi connectivity index (χ3v) is 6.25. The van der Waals surface area contributed by atoms with Crippen LogP contribution in [0.5, 0.6) is 5.75 Å². The molecule has 7 nitrogen and oxygen atoms in total. The first kappa shape index (κ1) is 24.6. The summed E-state index contributed by atoms with van der Waals surface area (Å²) in [5, 5.41) is 2.48. The Bertz CT molecular complexity index is 1220. The number of amides is 1. The van der Waals surface area contributed by atoms with E-state index in [4.69, 9.17) is 13.9 Å². The van der Waals surface area contributed by atoms with Gasteiger partial charge in [0.05, 0.1) is 25.2 Å². The Morgan fingerprint density at radius 3 is 2.49 bits per heavy atom. The number of pyridine rings is 1. The van der Waals surface area contributed by atoms with Crippen LogP contribution in [0.25, 0.3) is 11.6 Å². The van der Waals surface area contributed by atoms with Gasteiger partial charge in [-0.2, -0.15) is 17.6 Å². The van der Waals surface area contributed by atoms with Gasteiger partial charge in [0.25, 0.3) is 5.91 Å². The molecule has 3 heterocycles. The van der Waals surface area contributed by atoms with Crippen molar-refractivity contribution in [2.75, 3.05) is 12.4 Å². The minimum Gasteiger partial charge on any atom is -0.493 e. The van der Waals surface area contributed by atoms with Crippen LogP contribution in [-0.4, -0.2) is 40.9 Å². The van der Waals surface area contributed by atoms with Crippen LogP contribution in [0.1, 0.15) is 25.3 Å². The van der Waals surface area contributed by atoms with Gasteiger partial charge in [-0.15, -0.1) is 0 Å². The SMILES string of the molecule is COc1c([C@H]2[C@H](C(=O)Nc3ccc(-c4ncco4)nc3)O[C@@](C)(C(F)(F)F)[C@H]2C)ccc(F)c1F. The Hall–Kier alpha value is -3.54. The summed E-state index contributed by atoms with van der Waals surface area (Å²) in [5.74, 6) is -6.56. The molecule has 1 saturated heterocycles. The fourth-order valence-corrected chi connectivity index (χ4v) is 4.20. The lowest BCUT2D eigenvalue weighted by molar-refractivity contribution is -0.272. The average Bonchev–Trinajstić information content (AvgIpc) is 3.44. The third-order valence-electron chi connectivity index (χ3n) is 6.25. The lowest BCUT2D eigenvalue weighted by Crippen LogP contribution is -2.47. The molecule has 0 unspecified atom stereocenters. The first-order chi connectivity index (χ1) is 16.5. The van der Waals surface area contributed by atoms with Crippen LogP contribution in [0.4, 0.5) is 27.6 Å². The molecule has 4 rings (SSSR count). The highest BCUT2D eigenvalue weighted by molar-refractivity contribution is 5.95. The van der Waals surface area contributed by atoms with Gasteiger partial charge in [0, 0.05) is 17.4 Å². The van der Waals surface area contributed by atoms with Crippen molar-refractivity contribution in [2.45, 2.75) is 37.6 Å². The number of hydrogen-bond acceptors (Lipinski definition) is 6. The summed E-state index contributed by atoms with van der Waals surface area (Å²) in [6.45, 7) is 2.05. The Labute approximate surface area is 196 Å². The van der Waals surface area contributed by atoms with E-state index in [1.807, 2.05) is 0 Å². The molecular weight excluding hydrogens is 477 g/mol. The van der Waals surface area contributed by atoms with Gasteiger partial charge in [-0.25, -0.2) is 14.4 Å². The van der Waals surface area contributed by atoms with E-state index < -0.39 is 53.0 Å². The highest BCUT2D eigenvalue weighted by Crippen LogP contribution is 2.55. The number of anilines is 1. The summed E-state index contributed by atoms with van der Waals surface area (Å²) < 4.78 is 85.6. The summed E-state index contributed by atoms with van der Waals surface area (Å²) in [6.07, 6.45) is -2.51. The van der Waals surface area contributed by atoms with Crippen molar-refractivity contribution in [3.8, 4) is 17.3 Å². The maximum atomic E-state index is 14.4. The molecule has 1 aliphatic heterocycles. The minimum absolute atomic E-state index is 0.121. The number of benzene rings is 1. The van der Waals surface area contributed by atoms with Crippen molar-refractivity contribution in [3.63, 3.8) is 0 Å². The molecule has 12 heteroatoms. The smallest absolute Gasteiger partial charge is 0.417 e. The van der Waals surface area contributed by atoms with Crippen LogP contribution in [-0.2, 0) is 9.53 Å². The lowest BCUT2D eigenvalue weighted by Gasteiger charge is -2.32. The maximum Gasteiger partial charge on any atom is 0.417 e. The standard InChI is InChI=1S/C23H20F5N3O4/c1-11-16(13-5-6-14(24)17(25)18(13)33-3)19(35-22(11,2)23(26,27)28)20(32)31-12-4-7-15(30-10-12)21-29-8-9-34-21/h4-11,16,19H,1-3H3,(H,31,32)/t11-,16-,19+,22+/m0/s1. The van der Waals surface area contributed by atoms with Gasteiger partial charge in [0.2, 0.25) is 11.7 Å². The summed E-state index contributed by atoms with van der Waals surface area (Å²) in [7, 11) is 1.06. The number of oxazole rings is 1. The molecule has 3 aromatic rings. The second kappa shape index (κ2) is 8.91. The Kier molecular flexibility index (Phi) is 6.26. The number of nitrogens with one attached hydrogen (secondary N) is 1. The van der Waals surface area contributed by atoms with Gasteiger partial charge >= 0.3 is 6.18 Å². The van der Waals surface area contributed by atoms with Gasteiger partial charge in [-0.05, 0) is 25.1 Å². The molecule has 4 atom stereocenters. The Morgan fingerprint density at radius 1 is 1.17 bits per heavy atom. The van der Waals surface area contributed by atoms with E-state index in [-0.39, 0.29) is 17.1 Å². The largest absolute Gasteiger partial charge is 0.493 e. The molecule has 0 spiro atoms. The van der Waals surface area contributed by atoms with E-state index in [2.05, 4.69) is 15.3 Å². The average molecular weight is 497 g/mol. The van der Waals surface area contributed by atoms with Crippen LogP contribution in [0.15, 0.2) is 47.3 Å². The molecule has 186 valence electrons. The summed E-state index contributed by atoms with van der Waals surface area (Å²) in [4.78, 5) is 21.2. The monoisotopic (exact) mass is 497 g/mol. The quantitative estimate of drug-likeness (QED) is 0.494. The number of ether oxygens (including phenoxy) is 2. The lowest BCUT2D eigenvalue weighted by atomic mass is 9.77. The van der Waals surface area contributed by atoms with Gasteiger partial charge < -0.3 is 19.2 Å². The Balaban J connectivity index is 1.69. The molecule has 1 N–H and O–H groups in total. The van der Waals surface area contributed by atoms with E-state index in [1.165, 1.54) is 37.7 Å². The minimum atomic E-state index is -4.86. The molecule has 0 bridgehead atoms. The molecule has 1 fully saturated rings.